The van der Waals surface area contributed by atoms with Crippen LogP contribution in [-0.4, -0.2) is 24.7 Å². The molecular weight excluding hydrogens is 598 g/mol. The van der Waals surface area contributed by atoms with Crippen LogP contribution < -0.4 is 10.6 Å². The van der Waals surface area contributed by atoms with Gasteiger partial charge in [0.1, 0.15) is 5.82 Å². The van der Waals surface area contributed by atoms with Gasteiger partial charge in [-0.05, 0) is 71.8 Å². The zero-order valence-electron chi connectivity index (χ0n) is 18.5. The molecule has 0 unspecified atom stereocenters. The number of halogens is 5. The average molecular weight is 617 g/mol. The number of aryl methyl sites for hydroxylation is 1. The summed E-state index contributed by atoms with van der Waals surface area (Å²) >= 11 is 27.5. The van der Waals surface area contributed by atoms with Crippen LogP contribution in [0.1, 0.15) is 22.5 Å². The fourth-order valence-corrected chi connectivity index (χ4v) is 4.81. The number of aromatic nitrogens is 4. The summed E-state index contributed by atoms with van der Waals surface area (Å²) in [5, 5.41) is 17.1. The van der Waals surface area contributed by atoms with Crippen molar-refractivity contribution >= 4 is 79.6 Å². The van der Waals surface area contributed by atoms with Crippen LogP contribution >= 0.6 is 63.0 Å². The van der Waals surface area contributed by atoms with Crippen molar-refractivity contribution in [3.8, 4) is 0 Å². The highest BCUT2D eigenvalue weighted by Crippen LogP contribution is 2.27. The lowest BCUT2D eigenvalue weighted by Gasteiger charge is -2.11. The van der Waals surface area contributed by atoms with Gasteiger partial charge in [-0.2, -0.15) is 10.2 Å². The second-order valence-electron chi connectivity index (χ2n) is 7.74. The summed E-state index contributed by atoms with van der Waals surface area (Å²) in [6.07, 6.45) is 1.82. The molecule has 0 saturated heterocycles. The Hall–Kier alpha value is -2.17. The smallest absolute Gasteiger partial charge is 0.176 e. The summed E-state index contributed by atoms with van der Waals surface area (Å²) in [6.45, 7) is 4.38. The van der Waals surface area contributed by atoms with Gasteiger partial charge in [-0.25, -0.2) is 4.39 Å². The Morgan fingerprint density at radius 3 is 2.54 bits per heavy atom. The number of hydrogen-bond acceptors (Lipinski definition) is 3. The van der Waals surface area contributed by atoms with E-state index in [4.69, 9.17) is 47.0 Å². The van der Waals surface area contributed by atoms with Crippen molar-refractivity contribution in [2.75, 3.05) is 10.6 Å². The van der Waals surface area contributed by atoms with Crippen molar-refractivity contribution in [3.05, 3.63) is 90.5 Å². The van der Waals surface area contributed by atoms with Crippen LogP contribution in [-0.2, 0) is 13.1 Å². The molecule has 35 heavy (non-hydrogen) atoms. The van der Waals surface area contributed by atoms with E-state index in [1.54, 1.807) is 33.6 Å². The van der Waals surface area contributed by atoms with Crippen molar-refractivity contribution in [2.45, 2.75) is 26.9 Å². The molecule has 0 radical (unpaired) electrons. The van der Waals surface area contributed by atoms with Gasteiger partial charge >= 0.3 is 0 Å². The third-order valence-electron chi connectivity index (χ3n) is 5.29. The molecule has 2 heterocycles. The maximum Gasteiger partial charge on any atom is 0.176 e. The number of benzene rings is 2. The number of anilines is 2. The zero-order valence-corrected chi connectivity index (χ0v) is 23.2. The maximum atomic E-state index is 14.2. The first-order valence-corrected chi connectivity index (χ1v) is 12.7. The second-order valence-corrected chi connectivity index (χ2v) is 10.3. The molecule has 2 N–H and O–H groups in total. The molecule has 12 heteroatoms. The lowest BCUT2D eigenvalue weighted by Crippen LogP contribution is -2.20. The van der Waals surface area contributed by atoms with Gasteiger partial charge < -0.3 is 10.6 Å². The molecular formula is C23H19BrCl3FN6S. The Bertz CT molecular complexity index is 1400. The minimum Gasteiger partial charge on any atom is -0.329 e. The molecule has 0 aliphatic heterocycles. The highest BCUT2D eigenvalue weighted by molar-refractivity contribution is 9.10. The normalized spacial score (nSPS) is 11.1. The number of hydrogen-bond donors (Lipinski definition) is 2. The summed E-state index contributed by atoms with van der Waals surface area (Å²) in [6, 6.07) is 9.94. The SMILES string of the molecule is Cc1nn(Cc2c(F)cccc2Cl)c(C)c1NC(=S)Nc1nn(Cc2ccc(Cl)cc2Cl)cc1Br. The molecule has 182 valence electrons. The van der Waals surface area contributed by atoms with E-state index >= 15 is 0 Å². The highest BCUT2D eigenvalue weighted by atomic mass is 79.9. The molecule has 0 aliphatic rings. The third-order valence-corrected chi connectivity index (χ3v) is 7.01. The number of rotatable bonds is 6. The van der Waals surface area contributed by atoms with E-state index in [9.17, 15) is 4.39 Å². The fourth-order valence-electron chi connectivity index (χ4n) is 3.50. The van der Waals surface area contributed by atoms with Crippen molar-refractivity contribution in [2.24, 2.45) is 0 Å². The van der Waals surface area contributed by atoms with E-state index in [1.165, 1.54) is 6.07 Å². The molecule has 0 fully saturated rings. The molecule has 4 rings (SSSR count). The fraction of sp³-hybridized carbons (Fsp3) is 0.174. The lowest BCUT2D eigenvalue weighted by molar-refractivity contribution is 0.579. The summed E-state index contributed by atoms with van der Waals surface area (Å²) in [5.41, 5.74) is 3.47. The van der Waals surface area contributed by atoms with Gasteiger partial charge in [0.25, 0.3) is 0 Å². The average Bonchev–Trinajstić information content (AvgIpc) is 3.26. The van der Waals surface area contributed by atoms with E-state index in [2.05, 4.69) is 36.8 Å². The van der Waals surface area contributed by atoms with Gasteiger partial charge in [0.2, 0.25) is 0 Å². The minimum absolute atomic E-state index is 0.198. The van der Waals surface area contributed by atoms with Crippen LogP contribution in [0.4, 0.5) is 15.9 Å². The van der Waals surface area contributed by atoms with Crippen molar-refractivity contribution in [1.29, 1.82) is 0 Å². The summed E-state index contributed by atoms with van der Waals surface area (Å²) in [4.78, 5) is 0. The van der Waals surface area contributed by atoms with Gasteiger partial charge in [-0.15, -0.1) is 0 Å². The Balaban J connectivity index is 1.46. The van der Waals surface area contributed by atoms with Crippen LogP contribution in [0, 0.1) is 19.7 Å². The standard InChI is InChI=1S/C23H19BrCl3FN6S/c1-12-21(13(2)34(31-12)10-16-18(26)4-3-5-20(16)28)29-23(35)30-22-17(24)11-33(32-22)9-14-6-7-15(25)8-19(14)27/h3-8,11H,9-10H2,1-2H3,(H2,29,30,32,35). The van der Waals surface area contributed by atoms with E-state index in [1.807, 2.05) is 26.1 Å². The Morgan fingerprint density at radius 2 is 1.83 bits per heavy atom. The van der Waals surface area contributed by atoms with Crippen LogP contribution in [0.2, 0.25) is 15.1 Å². The lowest BCUT2D eigenvalue weighted by atomic mass is 10.2. The van der Waals surface area contributed by atoms with Gasteiger partial charge in [-0.1, -0.05) is 46.9 Å². The van der Waals surface area contributed by atoms with Gasteiger partial charge in [0.15, 0.2) is 10.9 Å². The van der Waals surface area contributed by atoms with Crippen LogP contribution in [0.25, 0.3) is 0 Å². The first-order valence-electron chi connectivity index (χ1n) is 10.3. The molecule has 0 amide bonds. The quantitative estimate of drug-likeness (QED) is 0.220. The first-order chi connectivity index (χ1) is 16.6. The molecule has 2 aromatic heterocycles. The second kappa shape index (κ2) is 10.8. The van der Waals surface area contributed by atoms with Crippen LogP contribution in [0.3, 0.4) is 0 Å². The third kappa shape index (κ3) is 5.98. The Kier molecular flexibility index (Phi) is 8.02. The summed E-state index contributed by atoms with van der Waals surface area (Å²) in [5.74, 6) is 0.158. The van der Waals surface area contributed by atoms with Gasteiger partial charge in [0, 0.05) is 26.8 Å². The molecule has 6 nitrogen and oxygen atoms in total. The summed E-state index contributed by atoms with van der Waals surface area (Å²) in [7, 11) is 0. The molecule has 0 atom stereocenters. The predicted molar refractivity (Wildman–Crippen MR) is 148 cm³/mol. The molecule has 0 saturated carbocycles. The highest BCUT2D eigenvalue weighted by Gasteiger charge is 2.17. The Labute approximate surface area is 230 Å². The molecule has 2 aromatic carbocycles. The number of nitrogens with zero attached hydrogens (tertiary/aromatic N) is 4. The Morgan fingerprint density at radius 1 is 1.06 bits per heavy atom. The number of thiocarbonyl (C=S) groups is 1. The van der Waals surface area contributed by atoms with Gasteiger partial charge in [-0.3, -0.25) is 9.36 Å². The van der Waals surface area contributed by atoms with Crippen molar-refractivity contribution in [1.82, 2.24) is 19.6 Å². The maximum absolute atomic E-state index is 14.2. The molecule has 4 aromatic rings. The number of nitrogens with one attached hydrogen (secondary N) is 2. The molecule has 0 aliphatic carbocycles. The van der Waals surface area contributed by atoms with Crippen LogP contribution in [0.15, 0.2) is 47.1 Å². The molecule has 0 spiro atoms. The molecule has 0 bridgehead atoms. The predicted octanol–water partition coefficient (Wildman–Crippen LogP) is 7.46. The van der Waals surface area contributed by atoms with Crippen molar-refractivity contribution in [3.63, 3.8) is 0 Å². The van der Waals surface area contributed by atoms with E-state index in [-0.39, 0.29) is 12.4 Å². The van der Waals surface area contributed by atoms with E-state index in [0.29, 0.717) is 43.8 Å². The summed E-state index contributed by atoms with van der Waals surface area (Å²) < 4.78 is 18.4. The van der Waals surface area contributed by atoms with Crippen molar-refractivity contribution < 1.29 is 4.39 Å². The minimum atomic E-state index is -0.378. The topological polar surface area (TPSA) is 59.7 Å². The monoisotopic (exact) mass is 614 g/mol. The van der Waals surface area contributed by atoms with E-state index in [0.717, 1.165) is 21.4 Å². The van der Waals surface area contributed by atoms with Gasteiger partial charge in [0.05, 0.1) is 34.6 Å². The first kappa shape index (κ1) is 25.9. The largest absolute Gasteiger partial charge is 0.329 e. The van der Waals surface area contributed by atoms with Crippen LogP contribution in [0.5, 0.6) is 0 Å². The zero-order chi connectivity index (χ0) is 25.3. The van der Waals surface area contributed by atoms with E-state index < -0.39 is 0 Å².